The molecule has 2 rings (SSSR count). The SMILES string of the molecule is CCNCc1cc(F)ccc1N(C)CC1CCN(C)C1. The Hall–Kier alpha value is -1.13. The van der Waals surface area contributed by atoms with E-state index in [1.807, 2.05) is 6.07 Å². The predicted molar refractivity (Wildman–Crippen MR) is 82.7 cm³/mol. The molecule has 3 nitrogen and oxygen atoms in total. The summed E-state index contributed by atoms with van der Waals surface area (Å²) in [5, 5.41) is 3.29. The van der Waals surface area contributed by atoms with Gasteiger partial charge in [-0.15, -0.1) is 0 Å². The Labute approximate surface area is 121 Å². The molecule has 1 saturated heterocycles. The maximum Gasteiger partial charge on any atom is 0.123 e. The average Bonchev–Trinajstić information content (AvgIpc) is 2.81. The zero-order chi connectivity index (χ0) is 14.5. The van der Waals surface area contributed by atoms with Gasteiger partial charge in [0.1, 0.15) is 5.82 Å². The van der Waals surface area contributed by atoms with Crippen molar-refractivity contribution in [2.75, 3.05) is 45.2 Å². The van der Waals surface area contributed by atoms with Crippen LogP contribution in [0.15, 0.2) is 18.2 Å². The minimum Gasteiger partial charge on any atom is -0.374 e. The molecule has 1 heterocycles. The van der Waals surface area contributed by atoms with E-state index >= 15 is 0 Å². The Morgan fingerprint density at radius 2 is 2.25 bits per heavy atom. The zero-order valence-electron chi connectivity index (χ0n) is 12.8. The third-order valence-corrected chi connectivity index (χ3v) is 4.04. The molecular formula is C16H26FN3. The minimum absolute atomic E-state index is 0.157. The van der Waals surface area contributed by atoms with Crippen LogP contribution in [-0.2, 0) is 6.54 Å². The summed E-state index contributed by atoms with van der Waals surface area (Å²) in [7, 11) is 4.29. The van der Waals surface area contributed by atoms with Crippen LogP contribution in [0.3, 0.4) is 0 Å². The smallest absolute Gasteiger partial charge is 0.123 e. The number of anilines is 1. The van der Waals surface area contributed by atoms with Gasteiger partial charge in [0.2, 0.25) is 0 Å². The molecule has 1 aromatic rings. The van der Waals surface area contributed by atoms with Crippen molar-refractivity contribution in [3.8, 4) is 0 Å². The van der Waals surface area contributed by atoms with E-state index in [0.29, 0.717) is 5.92 Å². The van der Waals surface area contributed by atoms with Gasteiger partial charge in [0.15, 0.2) is 0 Å². The lowest BCUT2D eigenvalue weighted by Gasteiger charge is -2.25. The summed E-state index contributed by atoms with van der Waals surface area (Å²) in [5.41, 5.74) is 2.18. The van der Waals surface area contributed by atoms with Gasteiger partial charge < -0.3 is 15.1 Å². The first-order chi connectivity index (χ1) is 9.60. The van der Waals surface area contributed by atoms with E-state index in [-0.39, 0.29) is 5.82 Å². The van der Waals surface area contributed by atoms with Crippen LogP contribution in [0.2, 0.25) is 0 Å². The highest BCUT2D eigenvalue weighted by Crippen LogP contribution is 2.24. The molecule has 1 atom stereocenters. The molecular weight excluding hydrogens is 253 g/mol. The van der Waals surface area contributed by atoms with Crippen molar-refractivity contribution >= 4 is 5.69 Å². The molecule has 1 N–H and O–H groups in total. The van der Waals surface area contributed by atoms with Crippen molar-refractivity contribution in [1.82, 2.24) is 10.2 Å². The van der Waals surface area contributed by atoms with Crippen LogP contribution in [0.1, 0.15) is 18.9 Å². The monoisotopic (exact) mass is 279 g/mol. The van der Waals surface area contributed by atoms with Gasteiger partial charge in [0, 0.05) is 32.4 Å². The summed E-state index contributed by atoms with van der Waals surface area (Å²) >= 11 is 0. The van der Waals surface area contributed by atoms with Crippen LogP contribution < -0.4 is 10.2 Å². The Morgan fingerprint density at radius 1 is 1.45 bits per heavy atom. The fourth-order valence-electron chi connectivity index (χ4n) is 2.99. The average molecular weight is 279 g/mol. The van der Waals surface area contributed by atoms with E-state index in [2.05, 4.69) is 36.1 Å². The normalized spacial score (nSPS) is 19.5. The molecule has 1 aliphatic heterocycles. The lowest BCUT2D eigenvalue weighted by Crippen LogP contribution is -2.28. The number of nitrogens with zero attached hydrogens (tertiary/aromatic N) is 2. The molecule has 1 fully saturated rings. The van der Waals surface area contributed by atoms with Crippen LogP contribution >= 0.6 is 0 Å². The van der Waals surface area contributed by atoms with Gasteiger partial charge in [0.25, 0.3) is 0 Å². The Morgan fingerprint density at radius 3 is 2.90 bits per heavy atom. The quantitative estimate of drug-likeness (QED) is 0.862. The van der Waals surface area contributed by atoms with Crippen molar-refractivity contribution in [2.45, 2.75) is 19.9 Å². The zero-order valence-corrected chi connectivity index (χ0v) is 12.8. The molecule has 0 saturated carbocycles. The second kappa shape index (κ2) is 7.04. The van der Waals surface area contributed by atoms with Crippen molar-refractivity contribution in [1.29, 1.82) is 0 Å². The lowest BCUT2D eigenvalue weighted by molar-refractivity contribution is 0.396. The highest BCUT2D eigenvalue weighted by molar-refractivity contribution is 5.53. The highest BCUT2D eigenvalue weighted by atomic mass is 19.1. The van der Waals surface area contributed by atoms with Crippen molar-refractivity contribution in [2.24, 2.45) is 5.92 Å². The van der Waals surface area contributed by atoms with Gasteiger partial charge in [-0.25, -0.2) is 4.39 Å². The Kier molecular flexibility index (Phi) is 5.38. The second-order valence-corrected chi connectivity index (χ2v) is 5.85. The van der Waals surface area contributed by atoms with Gasteiger partial charge in [-0.1, -0.05) is 6.92 Å². The van der Waals surface area contributed by atoms with Gasteiger partial charge in [-0.3, -0.25) is 0 Å². The Balaban J connectivity index is 2.05. The number of hydrogen-bond donors (Lipinski definition) is 1. The van der Waals surface area contributed by atoms with E-state index in [0.717, 1.165) is 37.4 Å². The number of benzene rings is 1. The molecule has 1 unspecified atom stereocenters. The van der Waals surface area contributed by atoms with Crippen LogP contribution in [0.25, 0.3) is 0 Å². The molecule has 20 heavy (non-hydrogen) atoms. The molecule has 0 aliphatic carbocycles. The van der Waals surface area contributed by atoms with Gasteiger partial charge in [-0.05, 0) is 56.2 Å². The highest BCUT2D eigenvalue weighted by Gasteiger charge is 2.21. The summed E-state index contributed by atoms with van der Waals surface area (Å²) in [6.45, 7) is 7.07. The summed E-state index contributed by atoms with van der Waals surface area (Å²) < 4.78 is 13.4. The maximum absolute atomic E-state index is 13.4. The summed E-state index contributed by atoms with van der Waals surface area (Å²) in [6.07, 6.45) is 1.25. The molecule has 1 aliphatic rings. The number of hydrogen-bond acceptors (Lipinski definition) is 3. The molecule has 1 aromatic carbocycles. The van der Waals surface area contributed by atoms with Crippen molar-refractivity contribution in [3.63, 3.8) is 0 Å². The van der Waals surface area contributed by atoms with Crippen LogP contribution in [0.4, 0.5) is 10.1 Å². The van der Waals surface area contributed by atoms with E-state index in [4.69, 9.17) is 0 Å². The number of likely N-dealkylation sites (tertiary alicyclic amines) is 1. The van der Waals surface area contributed by atoms with Gasteiger partial charge in [-0.2, -0.15) is 0 Å². The number of nitrogens with one attached hydrogen (secondary N) is 1. The van der Waals surface area contributed by atoms with E-state index < -0.39 is 0 Å². The van der Waals surface area contributed by atoms with Gasteiger partial charge >= 0.3 is 0 Å². The number of rotatable bonds is 6. The second-order valence-electron chi connectivity index (χ2n) is 5.85. The Bertz CT molecular complexity index is 436. The molecule has 0 aromatic heterocycles. The first-order valence-electron chi connectivity index (χ1n) is 7.49. The first kappa shape index (κ1) is 15.3. The van der Waals surface area contributed by atoms with Crippen LogP contribution in [0, 0.1) is 11.7 Å². The maximum atomic E-state index is 13.4. The summed E-state index contributed by atoms with van der Waals surface area (Å²) in [5.74, 6) is 0.553. The summed E-state index contributed by atoms with van der Waals surface area (Å²) in [6, 6.07) is 5.11. The fraction of sp³-hybridized carbons (Fsp3) is 0.625. The number of halogens is 1. The summed E-state index contributed by atoms with van der Waals surface area (Å²) in [4.78, 5) is 4.65. The molecule has 0 amide bonds. The molecule has 0 spiro atoms. The topological polar surface area (TPSA) is 18.5 Å². The van der Waals surface area contributed by atoms with Crippen molar-refractivity contribution in [3.05, 3.63) is 29.6 Å². The molecule has 4 heteroatoms. The minimum atomic E-state index is -0.157. The van der Waals surface area contributed by atoms with Crippen molar-refractivity contribution < 1.29 is 4.39 Å². The van der Waals surface area contributed by atoms with E-state index in [1.54, 1.807) is 12.1 Å². The molecule has 0 radical (unpaired) electrons. The van der Waals surface area contributed by atoms with E-state index in [9.17, 15) is 4.39 Å². The standard InChI is InChI=1S/C16H26FN3/c1-4-18-10-14-9-15(17)5-6-16(14)20(3)12-13-7-8-19(2)11-13/h5-6,9,13,18H,4,7-8,10-12H2,1-3H3. The van der Waals surface area contributed by atoms with Gasteiger partial charge in [0.05, 0.1) is 0 Å². The van der Waals surface area contributed by atoms with Crippen LogP contribution in [-0.4, -0.2) is 45.2 Å². The fourth-order valence-corrected chi connectivity index (χ4v) is 2.99. The van der Waals surface area contributed by atoms with E-state index in [1.165, 1.54) is 13.0 Å². The predicted octanol–water partition coefficient (Wildman–Crippen LogP) is 2.32. The molecule has 0 bridgehead atoms. The lowest BCUT2D eigenvalue weighted by atomic mass is 10.1. The van der Waals surface area contributed by atoms with Crippen LogP contribution in [0.5, 0.6) is 0 Å². The third-order valence-electron chi connectivity index (χ3n) is 4.04. The largest absolute Gasteiger partial charge is 0.374 e. The third kappa shape index (κ3) is 3.93. The first-order valence-corrected chi connectivity index (χ1v) is 7.49. The molecule has 112 valence electrons.